The first-order valence-electron chi connectivity index (χ1n) is 4.55. The Morgan fingerprint density at radius 1 is 1.35 bits per heavy atom. The first-order chi connectivity index (χ1) is 8.20. The van der Waals surface area contributed by atoms with Crippen LogP contribution >= 0.6 is 27.5 Å². The van der Waals surface area contributed by atoms with Crippen LogP contribution in [-0.2, 0) is 0 Å². The standard InChI is InChI=1S/C11H5BrClN3O/c12-8-1-2-9(13)10(5-8)17-11-7(6-14)3-4-15-16-11/h1-5H. The van der Waals surface area contributed by atoms with E-state index in [2.05, 4.69) is 26.1 Å². The molecule has 0 radical (unpaired) electrons. The van der Waals surface area contributed by atoms with Gasteiger partial charge in [0.05, 0.1) is 11.2 Å². The molecule has 2 aromatic rings. The van der Waals surface area contributed by atoms with E-state index < -0.39 is 0 Å². The predicted molar refractivity (Wildman–Crippen MR) is 66.0 cm³/mol. The van der Waals surface area contributed by atoms with Crippen LogP contribution in [0.1, 0.15) is 5.56 Å². The molecule has 0 aliphatic heterocycles. The highest BCUT2D eigenvalue weighted by Gasteiger charge is 2.09. The number of nitrogens with zero attached hydrogens (tertiary/aromatic N) is 3. The van der Waals surface area contributed by atoms with Crippen molar-refractivity contribution < 1.29 is 4.74 Å². The van der Waals surface area contributed by atoms with Crippen molar-refractivity contribution in [3.63, 3.8) is 0 Å². The fourth-order valence-corrected chi connectivity index (χ4v) is 1.64. The summed E-state index contributed by atoms with van der Waals surface area (Å²) in [6.45, 7) is 0. The second-order valence-electron chi connectivity index (χ2n) is 3.04. The molecule has 0 spiro atoms. The van der Waals surface area contributed by atoms with Gasteiger partial charge in [-0.05, 0) is 24.3 Å². The summed E-state index contributed by atoms with van der Waals surface area (Å²) < 4.78 is 6.27. The van der Waals surface area contributed by atoms with Crippen LogP contribution in [-0.4, -0.2) is 10.2 Å². The van der Waals surface area contributed by atoms with Gasteiger partial charge < -0.3 is 4.74 Å². The molecule has 0 bridgehead atoms. The van der Waals surface area contributed by atoms with Crippen LogP contribution in [0, 0.1) is 11.3 Å². The number of hydrogen-bond donors (Lipinski definition) is 0. The number of aromatic nitrogens is 2. The van der Waals surface area contributed by atoms with Crippen LogP contribution in [0.3, 0.4) is 0 Å². The number of nitriles is 1. The molecular formula is C11H5BrClN3O. The Morgan fingerprint density at radius 3 is 2.94 bits per heavy atom. The van der Waals surface area contributed by atoms with Gasteiger partial charge in [-0.25, -0.2) is 0 Å². The number of benzene rings is 1. The van der Waals surface area contributed by atoms with E-state index in [-0.39, 0.29) is 5.88 Å². The largest absolute Gasteiger partial charge is 0.435 e. The van der Waals surface area contributed by atoms with Gasteiger partial charge in [-0.15, -0.1) is 5.10 Å². The maximum absolute atomic E-state index is 8.88. The van der Waals surface area contributed by atoms with E-state index in [0.29, 0.717) is 16.3 Å². The summed E-state index contributed by atoms with van der Waals surface area (Å²) in [5.74, 6) is 0.549. The molecule has 0 atom stereocenters. The Bertz CT molecular complexity index is 598. The van der Waals surface area contributed by atoms with E-state index in [1.165, 1.54) is 12.3 Å². The highest BCUT2D eigenvalue weighted by atomic mass is 79.9. The molecule has 0 N–H and O–H groups in total. The monoisotopic (exact) mass is 309 g/mol. The molecule has 1 aromatic carbocycles. The predicted octanol–water partition coefficient (Wildman–Crippen LogP) is 3.56. The van der Waals surface area contributed by atoms with Crippen molar-refractivity contribution >= 4 is 27.5 Å². The van der Waals surface area contributed by atoms with E-state index >= 15 is 0 Å². The lowest BCUT2D eigenvalue weighted by molar-refractivity contribution is 0.453. The van der Waals surface area contributed by atoms with Crippen LogP contribution in [0.25, 0.3) is 0 Å². The van der Waals surface area contributed by atoms with Gasteiger partial charge in [-0.1, -0.05) is 27.5 Å². The molecule has 0 fully saturated rings. The lowest BCUT2D eigenvalue weighted by Gasteiger charge is -2.07. The normalized spacial score (nSPS) is 9.71. The Hall–Kier alpha value is -1.64. The van der Waals surface area contributed by atoms with Crippen molar-refractivity contribution in [2.45, 2.75) is 0 Å². The molecule has 4 nitrogen and oxygen atoms in total. The summed E-state index contributed by atoms with van der Waals surface area (Å²) in [6.07, 6.45) is 1.42. The highest BCUT2D eigenvalue weighted by Crippen LogP contribution is 2.31. The maximum Gasteiger partial charge on any atom is 0.257 e. The van der Waals surface area contributed by atoms with Crippen LogP contribution < -0.4 is 4.74 Å². The van der Waals surface area contributed by atoms with Crippen LogP contribution in [0.2, 0.25) is 5.02 Å². The fourth-order valence-electron chi connectivity index (χ4n) is 1.14. The molecular weight excluding hydrogens is 305 g/mol. The van der Waals surface area contributed by atoms with E-state index in [1.807, 2.05) is 6.07 Å². The maximum atomic E-state index is 8.88. The molecule has 0 unspecified atom stereocenters. The van der Waals surface area contributed by atoms with Crippen LogP contribution in [0.15, 0.2) is 34.9 Å². The Morgan fingerprint density at radius 2 is 2.18 bits per heavy atom. The topological polar surface area (TPSA) is 58.8 Å². The lowest BCUT2D eigenvalue weighted by atomic mass is 10.3. The SMILES string of the molecule is N#Cc1ccnnc1Oc1cc(Br)ccc1Cl. The Kier molecular flexibility index (Phi) is 3.57. The molecule has 6 heteroatoms. The minimum absolute atomic E-state index is 0.134. The Labute approximate surface area is 111 Å². The Balaban J connectivity index is 2.38. The average molecular weight is 311 g/mol. The summed E-state index contributed by atoms with van der Waals surface area (Å²) in [6, 6.07) is 8.65. The van der Waals surface area contributed by atoms with Gasteiger partial charge in [0.1, 0.15) is 17.4 Å². The van der Waals surface area contributed by atoms with Gasteiger partial charge in [-0.3, -0.25) is 0 Å². The molecule has 0 amide bonds. The summed E-state index contributed by atoms with van der Waals surface area (Å²) in [5, 5.41) is 16.7. The zero-order chi connectivity index (χ0) is 12.3. The summed E-state index contributed by atoms with van der Waals surface area (Å²) >= 11 is 9.27. The van der Waals surface area contributed by atoms with Crippen molar-refractivity contribution in [2.24, 2.45) is 0 Å². The van der Waals surface area contributed by atoms with Crippen molar-refractivity contribution in [3.8, 4) is 17.7 Å². The molecule has 1 aromatic heterocycles. The van der Waals surface area contributed by atoms with Crippen molar-refractivity contribution in [1.29, 1.82) is 5.26 Å². The number of rotatable bonds is 2. The molecule has 84 valence electrons. The molecule has 2 rings (SSSR count). The summed E-state index contributed by atoms with van der Waals surface area (Å²) in [7, 11) is 0. The minimum atomic E-state index is 0.134. The average Bonchev–Trinajstić information content (AvgIpc) is 2.34. The molecule has 0 saturated carbocycles. The summed E-state index contributed by atoms with van der Waals surface area (Å²) in [4.78, 5) is 0. The summed E-state index contributed by atoms with van der Waals surface area (Å²) in [5.41, 5.74) is 0.302. The number of halogens is 2. The van der Waals surface area contributed by atoms with Crippen molar-refractivity contribution in [2.75, 3.05) is 0 Å². The first-order valence-corrected chi connectivity index (χ1v) is 5.72. The second kappa shape index (κ2) is 5.13. The zero-order valence-electron chi connectivity index (χ0n) is 8.39. The minimum Gasteiger partial charge on any atom is -0.435 e. The first kappa shape index (κ1) is 11.8. The smallest absolute Gasteiger partial charge is 0.257 e. The third kappa shape index (κ3) is 2.73. The number of ether oxygens (including phenoxy) is 1. The van der Waals surface area contributed by atoms with E-state index in [1.54, 1.807) is 18.2 Å². The van der Waals surface area contributed by atoms with E-state index in [9.17, 15) is 0 Å². The molecule has 1 heterocycles. The quantitative estimate of drug-likeness (QED) is 0.851. The van der Waals surface area contributed by atoms with E-state index in [4.69, 9.17) is 21.6 Å². The fraction of sp³-hybridized carbons (Fsp3) is 0. The highest BCUT2D eigenvalue weighted by molar-refractivity contribution is 9.10. The van der Waals surface area contributed by atoms with Gasteiger partial charge in [0.25, 0.3) is 5.88 Å². The van der Waals surface area contributed by atoms with Crippen molar-refractivity contribution in [1.82, 2.24) is 10.2 Å². The van der Waals surface area contributed by atoms with Crippen LogP contribution in [0.5, 0.6) is 11.6 Å². The third-order valence-corrected chi connectivity index (χ3v) is 2.71. The molecule has 0 aliphatic carbocycles. The molecule has 0 aliphatic rings. The second-order valence-corrected chi connectivity index (χ2v) is 4.36. The van der Waals surface area contributed by atoms with Crippen molar-refractivity contribution in [3.05, 3.63) is 45.5 Å². The van der Waals surface area contributed by atoms with Gasteiger partial charge in [0.15, 0.2) is 0 Å². The lowest BCUT2D eigenvalue weighted by Crippen LogP contribution is -1.94. The number of hydrogen-bond acceptors (Lipinski definition) is 4. The third-order valence-electron chi connectivity index (χ3n) is 1.91. The van der Waals surface area contributed by atoms with E-state index in [0.717, 1.165) is 4.47 Å². The van der Waals surface area contributed by atoms with Crippen LogP contribution in [0.4, 0.5) is 0 Å². The molecule has 0 saturated heterocycles. The van der Waals surface area contributed by atoms with Gasteiger partial charge >= 0.3 is 0 Å². The van der Waals surface area contributed by atoms with Gasteiger partial charge in [-0.2, -0.15) is 10.4 Å². The van der Waals surface area contributed by atoms with Gasteiger partial charge in [0.2, 0.25) is 0 Å². The molecule has 17 heavy (non-hydrogen) atoms. The zero-order valence-corrected chi connectivity index (χ0v) is 10.7. The van der Waals surface area contributed by atoms with Gasteiger partial charge in [0, 0.05) is 4.47 Å².